The molecule has 3 heterocycles. The first-order valence-electron chi connectivity index (χ1n) is 12.2. The van der Waals surface area contributed by atoms with Gasteiger partial charge in [-0.3, -0.25) is 9.78 Å². The molecule has 2 N–H and O–H groups in total. The number of esters is 1. The summed E-state index contributed by atoms with van der Waals surface area (Å²) >= 11 is 6.07. The van der Waals surface area contributed by atoms with E-state index in [4.69, 9.17) is 21.1 Å². The molecule has 1 amide bonds. The van der Waals surface area contributed by atoms with Crippen LogP contribution < -0.4 is 5.32 Å². The number of piperazine rings is 1. The van der Waals surface area contributed by atoms with Gasteiger partial charge in [-0.2, -0.15) is 0 Å². The van der Waals surface area contributed by atoms with Crippen LogP contribution in [0.5, 0.6) is 0 Å². The Labute approximate surface area is 212 Å². The maximum atomic E-state index is 12.8. The molecular weight excluding hydrogens is 470 g/mol. The number of amides is 1. The quantitative estimate of drug-likeness (QED) is 0.475. The van der Waals surface area contributed by atoms with Gasteiger partial charge in [0.1, 0.15) is 12.2 Å². The van der Waals surface area contributed by atoms with Crippen molar-refractivity contribution in [3.63, 3.8) is 0 Å². The SMILES string of the molecule is C/C(=C\c1cncc(Cl)c1)[C@H]1OC(=O)C[C@H](O)CC[C@H](C)[C@@H](OC(=O)N2CCNCC2)/C=C/[C@@H]1C. The minimum absolute atomic E-state index is 0.0250. The Morgan fingerprint density at radius 2 is 2.00 bits per heavy atom. The molecule has 192 valence electrons. The summed E-state index contributed by atoms with van der Waals surface area (Å²) in [4.78, 5) is 31.2. The fraction of sp³-hybridized carbons (Fsp3) is 0.577. The summed E-state index contributed by atoms with van der Waals surface area (Å²) in [7, 11) is 0. The van der Waals surface area contributed by atoms with Gasteiger partial charge in [0.05, 0.1) is 17.5 Å². The maximum Gasteiger partial charge on any atom is 0.410 e. The summed E-state index contributed by atoms with van der Waals surface area (Å²) in [5.74, 6) is -0.677. The number of rotatable bonds is 3. The number of carbonyl (C=O) groups is 2. The third-order valence-electron chi connectivity index (χ3n) is 6.44. The molecule has 3 rings (SSSR count). The molecule has 2 aliphatic heterocycles. The van der Waals surface area contributed by atoms with Gasteiger partial charge < -0.3 is 24.8 Å². The number of ether oxygens (including phenoxy) is 2. The summed E-state index contributed by atoms with van der Waals surface area (Å²) in [5, 5.41) is 14.2. The minimum Gasteiger partial charge on any atom is -0.457 e. The van der Waals surface area contributed by atoms with Crippen LogP contribution in [0.3, 0.4) is 0 Å². The van der Waals surface area contributed by atoms with Gasteiger partial charge in [0.2, 0.25) is 0 Å². The van der Waals surface area contributed by atoms with Crippen molar-refractivity contribution in [1.82, 2.24) is 15.2 Å². The average molecular weight is 506 g/mol. The lowest BCUT2D eigenvalue weighted by Crippen LogP contribution is -2.47. The van der Waals surface area contributed by atoms with Gasteiger partial charge in [-0.25, -0.2) is 4.79 Å². The molecule has 8 nitrogen and oxygen atoms in total. The third kappa shape index (κ3) is 8.33. The van der Waals surface area contributed by atoms with Crippen molar-refractivity contribution < 1.29 is 24.2 Å². The molecule has 0 spiro atoms. The van der Waals surface area contributed by atoms with Gasteiger partial charge in [-0.05, 0) is 49.0 Å². The van der Waals surface area contributed by atoms with Crippen molar-refractivity contribution in [2.45, 2.75) is 58.3 Å². The average Bonchev–Trinajstić information content (AvgIpc) is 2.83. The summed E-state index contributed by atoms with van der Waals surface area (Å²) in [6.07, 6.45) is 7.71. The lowest BCUT2D eigenvalue weighted by Gasteiger charge is -2.31. The van der Waals surface area contributed by atoms with Crippen LogP contribution in [0.4, 0.5) is 4.79 Å². The standard InChI is InChI=1S/C26H36ClN3O5/c1-17-4-6-22(31)14-24(32)35-25(19(3)12-20-13-21(27)16-29-15-20)18(2)5-7-23(17)34-26(33)30-10-8-28-9-11-30/h5,7,12-13,15-18,22-23,25,28,31H,4,6,8-11,14H2,1-3H3/b7-5+,19-12+/t17-,18-,22+,23-,25-/m0/s1. The number of aliphatic hydroxyl groups is 1. The highest BCUT2D eigenvalue weighted by Crippen LogP contribution is 2.26. The zero-order chi connectivity index (χ0) is 25.4. The van der Waals surface area contributed by atoms with E-state index in [9.17, 15) is 14.7 Å². The van der Waals surface area contributed by atoms with Crippen molar-refractivity contribution in [2.24, 2.45) is 11.8 Å². The van der Waals surface area contributed by atoms with E-state index < -0.39 is 24.3 Å². The first kappa shape index (κ1) is 27.2. The zero-order valence-electron chi connectivity index (χ0n) is 20.7. The van der Waals surface area contributed by atoms with E-state index in [1.165, 1.54) is 0 Å². The molecule has 0 saturated carbocycles. The highest BCUT2D eigenvalue weighted by molar-refractivity contribution is 6.30. The van der Waals surface area contributed by atoms with Gasteiger partial charge in [0, 0.05) is 44.5 Å². The fourth-order valence-electron chi connectivity index (χ4n) is 4.34. The summed E-state index contributed by atoms with van der Waals surface area (Å²) < 4.78 is 11.7. The lowest BCUT2D eigenvalue weighted by molar-refractivity contribution is -0.151. The first-order chi connectivity index (χ1) is 16.7. The Balaban J connectivity index is 1.83. The molecule has 35 heavy (non-hydrogen) atoms. The predicted molar refractivity (Wildman–Crippen MR) is 135 cm³/mol. The van der Waals surface area contributed by atoms with Crippen molar-refractivity contribution in [1.29, 1.82) is 0 Å². The molecule has 5 atom stereocenters. The van der Waals surface area contributed by atoms with E-state index >= 15 is 0 Å². The number of nitrogens with zero attached hydrogens (tertiary/aromatic N) is 2. The number of cyclic esters (lactones) is 1. The molecular formula is C26H36ClN3O5. The maximum absolute atomic E-state index is 12.8. The molecule has 0 aliphatic carbocycles. The number of hydrogen-bond acceptors (Lipinski definition) is 7. The molecule has 1 aromatic heterocycles. The van der Waals surface area contributed by atoms with Crippen molar-refractivity contribution in [2.75, 3.05) is 26.2 Å². The topological polar surface area (TPSA) is 101 Å². The number of carbonyl (C=O) groups excluding carboxylic acids is 2. The van der Waals surface area contributed by atoms with Crippen LogP contribution in [-0.4, -0.2) is 71.5 Å². The number of pyridine rings is 1. The molecule has 1 aromatic rings. The van der Waals surface area contributed by atoms with Gasteiger partial charge in [0.25, 0.3) is 0 Å². The number of nitrogens with one attached hydrogen (secondary N) is 1. The van der Waals surface area contributed by atoms with Gasteiger partial charge >= 0.3 is 12.1 Å². The zero-order valence-corrected chi connectivity index (χ0v) is 21.4. The second-order valence-corrected chi connectivity index (χ2v) is 9.91. The van der Waals surface area contributed by atoms with E-state index in [0.717, 1.165) is 24.2 Å². The largest absolute Gasteiger partial charge is 0.457 e. The van der Waals surface area contributed by atoms with Gasteiger partial charge in [-0.1, -0.05) is 37.6 Å². The van der Waals surface area contributed by atoms with Gasteiger partial charge in [0.15, 0.2) is 0 Å². The fourth-order valence-corrected chi connectivity index (χ4v) is 4.52. The first-order valence-corrected chi connectivity index (χ1v) is 12.6. The van der Waals surface area contributed by atoms with Crippen molar-refractivity contribution >= 4 is 29.7 Å². The van der Waals surface area contributed by atoms with E-state index in [1.807, 2.05) is 39.0 Å². The smallest absolute Gasteiger partial charge is 0.410 e. The molecule has 0 radical (unpaired) electrons. The third-order valence-corrected chi connectivity index (χ3v) is 6.65. The highest BCUT2D eigenvalue weighted by atomic mass is 35.5. The molecule has 0 unspecified atom stereocenters. The Morgan fingerprint density at radius 3 is 2.71 bits per heavy atom. The molecule has 1 saturated heterocycles. The number of hydrogen-bond donors (Lipinski definition) is 2. The minimum atomic E-state index is -0.824. The van der Waals surface area contributed by atoms with Crippen LogP contribution in [0.15, 0.2) is 36.2 Å². The van der Waals surface area contributed by atoms with Crippen molar-refractivity contribution in [3.05, 3.63) is 46.8 Å². The monoisotopic (exact) mass is 505 g/mol. The normalized spacial score (nSPS) is 30.0. The summed E-state index contributed by atoms with van der Waals surface area (Å²) in [6, 6.07) is 1.78. The number of halogens is 1. The van der Waals surface area contributed by atoms with E-state index in [1.54, 1.807) is 23.4 Å². The van der Waals surface area contributed by atoms with Crippen LogP contribution in [0.1, 0.15) is 45.6 Å². The Hall–Kier alpha value is -2.42. The molecule has 1 fully saturated rings. The highest BCUT2D eigenvalue weighted by Gasteiger charge is 2.28. The van der Waals surface area contributed by atoms with Gasteiger partial charge in [-0.15, -0.1) is 0 Å². The van der Waals surface area contributed by atoms with Crippen LogP contribution in [0, 0.1) is 11.8 Å². The van der Waals surface area contributed by atoms with Crippen LogP contribution >= 0.6 is 11.6 Å². The van der Waals surface area contributed by atoms with E-state index in [2.05, 4.69) is 10.3 Å². The number of aromatic nitrogens is 1. The van der Waals surface area contributed by atoms with E-state index in [-0.39, 0.29) is 24.3 Å². The molecule has 0 aromatic carbocycles. The molecule has 9 heteroatoms. The Kier molecular flexibility index (Phi) is 10.1. The van der Waals surface area contributed by atoms with Crippen LogP contribution in [0.2, 0.25) is 5.02 Å². The Morgan fingerprint density at radius 1 is 1.26 bits per heavy atom. The summed E-state index contributed by atoms with van der Waals surface area (Å²) in [5.41, 5.74) is 1.61. The molecule has 0 bridgehead atoms. The second kappa shape index (κ2) is 13.0. The molecule has 2 aliphatic rings. The summed E-state index contributed by atoms with van der Waals surface area (Å²) in [6.45, 7) is 8.54. The van der Waals surface area contributed by atoms with Crippen LogP contribution in [-0.2, 0) is 14.3 Å². The lowest BCUT2D eigenvalue weighted by atomic mass is 9.91. The van der Waals surface area contributed by atoms with E-state index in [0.29, 0.717) is 31.0 Å². The van der Waals surface area contributed by atoms with Crippen LogP contribution in [0.25, 0.3) is 6.08 Å². The predicted octanol–water partition coefficient (Wildman–Crippen LogP) is 3.83. The second-order valence-electron chi connectivity index (χ2n) is 9.48. The Bertz CT molecular complexity index is 931. The van der Waals surface area contributed by atoms with Crippen molar-refractivity contribution in [3.8, 4) is 0 Å². The number of aliphatic hydroxyl groups excluding tert-OH is 1.